The molecule has 0 bridgehead atoms. The second-order valence-corrected chi connectivity index (χ2v) is 13.5. The molecule has 0 aliphatic carbocycles. The van der Waals surface area contributed by atoms with Crippen molar-refractivity contribution in [2.24, 2.45) is 0 Å². The molecule has 3 heterocycles. The van der Waals surface area contributed by atoms with Crippen LogP contribution in [0.1, 0.15) is 0 Å². The van der Waals surface area contributed by atoms with Gasteiger partial charge in [0.15, 0.2) is 17.5 Å². The molecule has 5 nitrogen and oxygen atoms in total. The quantitative estimate of drug-likeness (QED) is 0.165. The Kier molecular flexibility index (Phi) is 8.08. The first kappa shape index (κ1) is 32.2. The third-order valence-corrected chi connectivity index (χ3v) is 10.0. The van der Waals surface area contributed by atoms with Gasteiger partial charge >= 0.3 is 0 Å². The summed E-state index contributed by atoms with van der Waals surface area (Å²) in [5, 5.41) is 1.94. The second-order valence-electron chi connectivity index (χ2n) is 13.5. The average molecular weight is 705 g/mol. The monoisotopic (exact) mass is 704 g/mol. The van der Waals surface area contributed by atoms with Gasteiger partial charge in [-0.05, 0) is 52.1 Å². The molecular weight excluding hydrogens is 673 g/mol. The fourth-order valence-corrected chi connectivity index (χ4v) is 7.18. The van der Waals surface area contributed by atoms with Gasteiger partial charge in [0.1, 0.15) is 11.2 Å². The lowest BCUT2D eigenvalue weighted by Gasteiger charge is -2.10. The molecule has 0 saturated carbocycles. The van der Waals surface area contributed by atoms with Gasteiger partial charge in [-0.1, -0.05) is 164 Å². The lowest BCUT2D eigenvalue weighted by Crippen LogP contribution is -2.00. The van der Waals surface area contributed by atoms with E-state index >= 15 is 0 Å². The van der Waals surface area contributed by atoms with Crippen LogP contribution in [0.2, 0.25) is 0 Å². The molecule has 0 spiro atoms. The molecule has 0 fully saturated rings. The van der Waals surface area contributed by atoms with Crippen LogP contribution in [0.3, 0.4) is 0 Å². The summed E-state index contributed by atoms with van der Waals surface area (Å²) in [5.41, 5.74) is 13.0. The van der Waals surface area contributed by atoms with Crippen molar-refractivity contribution in [1.29, 1.82) is 0 Å². The molecule has 7 aromatic carbocycles. The molecule has 0 aliphatic rings. The summed E-state index contributed by atoms with van der Waals surface area (Å²) in [6.45, 7) is 0. The first-order chi connectivity index (χ1) is 27.2. The maximum atomic E-state index is 6.42. The number of fused-ring (bicyclic) bond motifs is 3. The minimum absolute atomic E-state index is 0.582. The fraction of sp³-hybridized carbons (Fsp3) is 0. The van der Waals surface area contributed by atoms with Crippen LogP contribution in [-0.2, 0) is 0 Å². The standard InChI is InChI=1S/C50H32N4O/c1-4-11-33(12-5-1)35-19-23-37(24-20-35)44-29-27-41(32-51-44)40-28-30-45-43(31-40)47-42(17-10-18-46(47)55-45)50-53-48(38-15-8-3-9-16-38)52-49(54-50)39-25-21-36(22-26-39)34-13-6-2-7-14-34/h1-32H. The lowest BCUT2D eigenvalue weighted by atomic mass is 10.00. The zero-order valence-corrected chi connectivity index (χ0v) is 29.7. The van der Waals surface area contributed by atoms with Crippen LogP contribution < -0.4 is 0 Å². The van der Waals surface area contributed by atoms with Gasteiger partial charge in [0.05, 0.1) is 5.69 Å². The van der Waals surface area contributed by atoms with Gasteiger partial charge in [0.2, 0.25) is 0 Å². The summed E-state index contributed by atoms with van der Waals surface area (Å²) in [6, 6.07) is 64.4. The summed E-state index contributed by atoms with van der Waals surface area (Å²) >= 11 is 0. The summed E-state index contributed by atoms with van der Waals surface area (Å²) in [4.78, 5) is 20.0. The van der Waals surface area contributed by atoms with E-state index in [0.717, 1.165) is 72.1 Å². The molecule has 55 heavy (non-hydrogen) atoms. The molecule has 10 rings (SSSR count). The number of hydrogen-bond donors (Lipinski definition) is 0. The molecular formula is C50H32N4O. The number of benzene rings is 7. The highest BCUT2D eigenvalue weighted by atomic mass is 16.3. The van der Waals surface area contributed by atoms with E-state index in [0.29, 0.717) is 17.5 Å². The smallest absolute Gasteiger partial charge is 0.164 e. The molecule has 0 amide bonds. The Morgan fingerprint density at radius 3 is 1.42 bits per heavy atom. The van der Waals surface area contributed by atoms with Crippen LogP contribution in [0.4, 0.5) is 0 Å². The van der Waals surface area contributed by atoms with E-state index in [1.54, 1.807) is 0 Å². The molecule has 258 valence electrons. The third kappa shape index (κ3) is 6.24. The summed E-state index contributed by atoms with van der Waals surface area (Å²) in [7, 11) is 0. The van der Waals surface area contributed by atoms with Gasteiger partial charge in [-0.15, -0.1) is 0 Å². The first-order valence-corrected chi connectivity index (χ1v) is 18.3. The molecule has 0 saturated heterocycles. The van der Waals surface area contributed by atoms with Gasteiger partial charge in [0, 0.05) is 44.8 Å². The van der Waals surface area contributed by atoms with Gasteiger partial charge in [0.25, 0.3) is 0 Å². The average Bonchev–Trinajstić information content (AvgIpc) is 3.66. The van der Waals surface area contributed by atoms with Crippen molar-refractivity contribution in [1.82, 2.24) is 19.9 Å². The Balaban J connectivity index is 1.03. The van der Waals surface area contributed by atoms with Crippen molar-refractivity contribution < 1.29 is 4.42 Å². The largest absolute Gasteiger partial charge is 0.456 e. The summed E-state index contributed by atoms with van der Waals surface area (Å²) in [6.07, 6.45) is 1.94. The van der Waals surface area contributed by atoms with Crippen molar-refractivity contribution in [3.8, 4) is 78.8 Å². The zero-order valence-electron chi connectivity index (χ0n) is 29.7. The van der Waals surface area contributed by atoms with Crippen molar-refractivity contribution in [2.45, 2.75) is 0 Å². The predicted octanol–water partition coefficient (Wildman–Crippen LogP) is 12.8. The zero-order chi connectivity index (χ0) is 36.6. The van der Waals surface area contributed by atoms with E-state index in [9.17, 15) is 0 Å². The van der Waals surface area contributed by atoms with Gasteiger partial charge < -0.3 is 4.42 Å². The maximum Gasteiger partial charge on any atom is 0.164 e. The number of nitrogens with zero attached hydrogens (tertiary/aromatic N) is 4. The number of hydrogen-bond acceptors (Lipinski definition) is 5. The number of rotatable bonds is 7. The molecule has 10 aromatic rings. The Labute approximate surface area is 318 Å². The first-order valence-electron chi connectivity index (χ1n) is 18.3. The molecule has 0 N–H and O–H groups in total. The van der Waals surface area contributed by atoms with Crippen LogP contribution in [-0.4, -0.2) is 19.9 Å². The fourth-order valence-electron chi connectivity index (χ4n) is 7.18. The SMILES string of the molecule is c1ccc(-c2ccc(-c3ccc(-c4ccc5oc6cccc(-c7nc(-c8ccccc8)nc(-c8ccc(-c9ccccc9)cc8)n7)c6c5c4)cn3)cc2)cc1. The van der Waals surface area contributed by atoms with Crippen molar-refractivity contribution >= 4 is 21.9 Å². The molecule has 0 atom stereocenters. The van der Waals surface area contributed by atoms with Gasteiger partial charge in [-0.2, -0.15) is 0 Å². The number of furan rings is 1. The molecule has 5 heteroatoms. The normalized spacial score (nSPS) is 11.3. The highest BCUT2D eigenvalue weighted by Gasteiger charge is 2.18. The maximum absolute atomic E-state index is 6.42. The van der Waals surface area contributed by atoms with Crippen LogP contribution >= 0.6 is 0 Å². The Hall–Kier alpha value is -7.50. The summed E-state index contributed by atoms with van der Waals surface area (Å²) < 4.78 is 6.42. The minimum atomic E-state index is 0.582. The van der Waals surface area contributed by atoms with E-state index in [1.165, 1.54) is 11.1 Å². The Morgan fingerprint density at radius 2 is 0.818 bits per heavy atom. The minimum Gasteiger partial charge on any atom is -0.456 e. The van der Waals surface area contributed by atoms with Gasteiger partial charge in [-0.3, -0.25) is 4.98 Å². The lowest BCUT2D eigenvalue weighted by molar-refractivity contribution is 0.669. The third-order valence-electron chi connectivity index (χ3n) is 10.0. The van der Waals surface area contributed by atoms with Crippen LogP contribution in [0.25, 0.3) is 101 Å². The number of aromatic nitrogens is 4. The van der Waals surface area contributed by atoms with Gasteiger partial charge in [-0.25, -0.2) is 15.0 Å². The van der Waals surface area contributed by atoms with E-state index in [1.807, 2.05) is 66.9 Å². The molecule has 0 unspecified atom stereocenters. The second kappa shape index (κ2) is 13.8. The van der Waals surface area contributed by atoms with Crippen LogP contribution in [0, 0.1) is 0 Å². The van der Waals surface area contributed by atoms with Crippen molar-refractivity contribution in [3.05, 3.63) is 194 Å². The number of pyridine rings is 1. The predicted molar refractivity (Wildman–Crippen MR) is 223 cm³/mol. The Morgan fingerprint density at radius 1 is 0.327 bits per heavy atom. The molecule has 3 aromatic heterocycles. The van der Waals surface area contributed by atoms with E-state index < -0.39 is 0 Å². The van der Waals surface area contributed by atoms with E-state index in [-0.39, 0.29) is 0 Å². The highest BCUT2D eigenvalue weighted by Crippen LogP contribution is 2.39. The highest BCUT2D eigenvalue weighted by molar-refractivity contribution is 6.12. The Bertz CT molecular complexity index is 2920. The summed E-state index contributed by atoms with van der Waals surface area (Å²) in [5.74, 6) is 1.80. The van der Waals surface area contributed by atoms with E-state index in [4.69, 9.17) is 24.4 Å². The van der Waals surface area contributed by atoms with Crippen molar-refractivity contribution in [3.63, 3.8) is 0 Å². The van der Waals surface area contributed by atoms with Crippen LogP contribution in [0.15, 0.2) is 199 Å². The van der Waals surface area contributed by atoms with Crippen molar-refractivity contribution in [2.75, 3.05) is 0 Å². The van der Waals surface area contributed by atoms with Crippen LogP contribution in [0.5, 0.6) is 0 Å². The van der Waals surface area contributed by atoms with E-state index in [2.05, 4.69) is 127 Å². The molecule has 0 aliphatic heterocycles. The molecule has 0 radical (unpaired) electrons. The topological polar surface area (TPSA) is 64.7 Å².